The van der Waals surface area contributed by atoms with Crippen molar-refractivity contribution in [1.82, 2.24) is 0 Å². The topological polar surface area (TPSA) is 55.6 Å². The normalized spacial score (nSPS) is 20.3. The molecule has 2 rings (SSSR count). The van der Waals surface area contributed by atoms with Gasteiger partial charge in [-0.05, 0) is 25.0 Å². The molecule has 2 atom stereocenters. The average Bonchev–Trinajstić information content (AvgIpc) is 2.34. The van der Waals surface area contributed by atoms with Crippen molar-refractivity contribution in [3.05, 3.63) is 18.2 Å². The lowest BCUT2D eigenvalue weighted by atomic mass is 10.1. The Kier molecular flexibility index (Phi) is 3.45. The molecule has 98 valence electrons. The Morgan fingerprint density at radius 1 is 1.50 bits per heavy atom. The largest absolute Gasteiger partial charge is 0.479 e. The number of nitrogens with zero attached hydrogens (tertiary/aromatic N) is 1. The van der Waals surface area contributed by atoms with Crippen molar-refractivity contribution in [3.8, 4) is 5.75 Å². The molecule has 0 aromatic heterocycles. The van der Waals surface area contributed by atoms with Crippen LogP contribution in [0, 0.1) is 5.92 Å². The number of nitrogens with two attached hydrogens (primary N) is 1. The lowest BCUT2D eigenvalue weighted by Gasteiger charge is -2.34. The van der Waals surface area contributed by atoms with Crippen molar-refractivity contribution in [2.75, 3.05) is 17.2 Å². The first-order valence-corrected chi connectivity index (χ1v) is 6.40. The molecule has 1 heterocycles. The van der Waals surface area contributed by atoms with Gasteiger partial charge in [-0.1, -0.05) is 20.3 Å². The van der Waals surface area contributed by atoms with Crippen molar-refractivity contribution in [2.45, 2.75) is 33.3 Å². The van der Waals surface area contributed by atoms with Crippen molar-refractivity contribution in [2.24, 2.45) is 5.92 Å². The molecule has 1 amide bonds. The highest BCUT2D eigenvalue weighted by molar-refractivity contribution is 6.00. The van der Waals surface area contributed by atoms with Gasteiger partial charge in [-0.3, -0.25) is 4.79 Å². The predicted molar refractivity (Wildman–Crippen MR) is 72.8 cm³/mol. The maximum Gasteiger partial charge on any atom is 0.267 e. The number of anilines is 2. The highest BCUT2D eigenvalue weighted by atomic mass is 16.5. The number of rotatable bonds is 3. The second-order valence-corrected chi connectivity index (χ2v) is 4.95. The maximum absolute atomic E-state index is 12.2. The molecule has 0 saturated heterocycles. The summed E-state index contributed by atoms with van der Waals surface area (Å²) in [5.74, 6) is 1.18. The second-order valence-electron chi connectivity index (χ2n) is 4.95. The molecule has 0 spiro atoms. The van der Waals surface area contributed by atoms with Crippen molar-refractivity contribution in [1.29, 1.82) is 0 Å². The summed E-state index contributed by atoms with van der Waals surface area (Å²) in [6.07, 6.45) is 0.604. The molecule has 0 saturated carbocycles. The summed E-state index contributed by atoms with van der Waals surface area (Å²) in [4.78, 5) is 14.0. The fourth-order valence-electron chi connectivity index (χ4n) is 2.06. The van der Waals surface area contributed by atoms with E-state index in [4.69, 9.17) is 10.5 Å². The monoisotopic (exact) mass is 248 g/mol. The third-order valence-corrected chi connectivity index (χ3v) is 3.38. The van der Waals surface area contributed by atoms with E-state index in [1.807, 2.05) is 11.0 Å². The number of ether oxygens (including phenoxy) is 1. The van der Waals surface area contributed by atoms with Gasteiger partial charge in [0.1, 0.15) is 5.75 Å². The summed E-state index contributed by atoms with van der Waals surface area (Å²) in [6, 6.07) is 5.44. The van der Waals surface area contributed by atoms with Crippen LogP contribution in [0.5, 0.6) is 5.75 Å². The van der Waals surface area contributed by atoms with Gasteiger partial charge in [0.2, 0.25) is 0 Å². The van der Waals surface area contributed by atoms with E-state index in [0.29, 0.717) is 17.4 Å². The van der Waals surface area contributed by atoms with Crippen LogP contribution in [0.3, 0.4) is 0 Å². The number of carbonyl (C=O) groups is 1. The molecular formula is C14H20N2O2. The third-order valence-electron chi connectivity index (χ3n) is 3.38. The Labute approximate surface area is 108 Å². The van der Waals surface area contributed by atoms with Crippen LogP contribution in [0.1, 0.15) is 27.2 Å². The zero-order valence-electron chi connectivity index (χ0n) is 11.1. The van der Waals surface area contributed by atoms with Gasteiger partial charge in [0, 0.05) is 18.3 Å². The van der Waals surface area contributed by atoms with E-state index < -0.39 is 6.10 Å². The number of benzene rings is 1. The minimum atomic E-state index is -0.441. The van der Waals surface area contributed by atoms with E-state index in [-0.39, 0.29) is 5.91 Å². The fraction of sp³-hybridized carbons (Fsp3) is 0.500. The van der Waals surface area contributed by atoms with Crippen LogP contribution in [-0.4, -0.2) is 18.6 Å². The molecular weight excluding hydrogens is 228 g/mol. The minimum absolute atomic E-state index is 0.0209. The molecule has 0 radical (unpaired) electrons. The van der Waals surface area contributed by atoms with Gasteiger partial charge in [0.15, 0.2) is 6.10 Å². The van der Waals surface area contributed by atoms with Gasteiger partial charge in [0.05, 0.1) is 5.69 Å². The smallest absolute Gasteiger partial charge is 0.267 e. The van der Waals surface area contributed by atoms with E-state index >= 15 is 0 Å². The van der Waals surface area contributed by atoms with Crippen LogP contribution in [-0.2, 0) is 4.79 Å². The lowest BCUT2D eigenvalue weighted by molar-refractivity contribution is -0.125. The van der Waals surface area contributed by atoms with Gasteiger partial charge in [-0.2, -0.15) is 0 Å². The van der Waals surface area contributed by atoms with Crippen LogP contribution >= 0.6 is 0 Å². The number of hydrogen-bond donors (Lipinski definition) is 1. The van der Waals surface area contributed by atoms with Crippen LogP contribution in [0.4, 0.5) is 11.4 Å². The predicted octanol–water partition coefficient (Wildman–Crippen LogP) is 2.43. The Bertz CT molecular complexity index is 459. The van der Waals surface area contributed by atoms with Crippen LogP contribution < -0.4 is 15.4 Å². The summed E-state index contributed by atoms with van der Waals surface area (Å²) < 4.78 is 5.60. The SMILES string of the molecule is CCC(C)CN1C(=O)C(C)Oc2cc(N)ccc21. The molecule has 2 N–H and O–H groups in total. The summed E-state index contributed by atoms with van der Waals surface area (Å²) >= 11 is 0. The lowest BCUT2D eigenvalue weighted by Crippen LogP contribution is -2.46. The Balaban J connectivity index is 2.36. The third kappa shape index (κ3) is 2.28. The second kappa shape index (κ2) is 4.88. The Morgan fingerprint density at radius 3 is 2.89 bits per heavy atom. The number of hydrogen-bond acceptors (Lipinski definition) is 3. The van der Waals surface area contributed by atoms with Crippen LogP contribution in [0.25, 0.3) is 0 Å². The number of fused-ring (bicyclic) bond motifs is 1. The molecule has 4 heteroatoms. The maximum atomic E-state index is 12.2. The number of carbonyl (C=O) groups excluding carboxylic acids is 1. The van der Waals surface area contributed by atoms with Gasteiger partial charge in [0.25, 0.3) is 5.91 Å². The van der Waals surface area contributed by atoms with Crippen LogP contribution in [0.2, 0.25) is 0 Å². The fourth-order valence-corrected chi connectivity index (χ4v) is 2.06. The van der Waals surface area contributed by atoms with Gasteiger partial charge in [-0.15, -0.1) is 0 Å². The molecule has 2 unspecified atom stereocenters. The zero-order valence-corrected chi connectivity index (χ0v) is 11.1. The summed E-state index contributed by atoms with van der Waals surface area (Å²) in [6.45, 7) is 6.77. The first kappa shape index (κ1) is 12.7. The molecule has 0 bridgehead atoms. The molecule has 1 aromatic carbocycles. The first-order chi connectivity index (χ1) is 8.52. The number of amides is 1. The van der Waals surface area contributed by atoms with Crippen molar-refractivity contribution >= 4 is 17.3 Å². The number of nitrogen functional groups attached to an aromatic ring is 1. The summed E-state index contributed by atoms with van der Waals surface area (Å²) in [5, 5.41) is 0. The van der Waals surface area contributed by atoms with E-state index in [9.17, 15) is 4.79 Å². The van der Waals surface area contributed by atoms with Crippen molar-refractivity contribution < 1.29 is 9.53 Å². The molecule has 1 aliphatic heterocycles. The molecule has 1 aromatic rings. The summed E-state index contributed by atoms with van der Waals surface area (Å²) in [5.41, 5.74) is 7.23. The standard InChI is InChI=1S/C14H20N2O2/c1-4-9(2)8-16-12-6-5-11(15)7-13(12)18-10(3)14(16)17/h5-7,9-10H,4,8,15H2,1-3H3. The molecule has 1 aliphatic rings. The van der Waals surface area contributed by atoms with Gasteiger partial charge in [-0.25, -0.2) is 0 Å². The highest BCUT2D eigenvalue weighted by Gasteiger charge is 2.31. The first-order valence-electron chi connectivity index (χ1n) is 6.40. The van der Waals surface area contributed by atoms with E-state index in [1.165, 1.54) is 0 Å². The highest BCUT2D eigenvalue weighted by Crippen LogP contribution is 2.36. The van der Waals surface area contributed by atoms with E-state index in [2.05, 4.69) is 13.8 Å². The van der Waals surface area contributed by atoms with Crippen molar-refractivity contribution in [3.63, 3.8) is 0 Å². The zero-order chi connectivity index (χ0) is 13.3. The summed E-state index contributed by atoms with van der Waals surface area (Å²) in [7, 11) is 0. The van der Waals surface area contributed by atoms with Crippen LogP contribution in [0.15, 0.2) is 18.2 Å². The van der Waals surface area contributed by atoms with Gasteiger partial charge < -0.3 is 15.4 Å². The Hall–Kier alpha value is -1.71. The van der Waals surface area contributed by atoms with E-state index in [0.717, 1.165) is 18.7 Å². The van der Waals surface area contributed by atoms with E-state index in [1.54, 1.807) is 19.1 Å². The molecule has 0 fully saturated rings. The Morgan fingerprint density at radius 2 is 2.22 bits per heavy atom. The van der Waals surface area contributed by atoms with Gasteiger partial charge >= 0.3 is 0 Å². The minimum Gasteiger partial charge on any atom is -0.479 e. The molecule has 0 aliphatic carbocycles. The quantitative estimate of drug-likeness (QED) is 0.836. The molecule has 4 nitrogen and oxygen atoms in total. The average molecular weight is 248 g/mol. The molecule has 18 heavy (non-hydrogen) atoms.